The fraction of sp³-hybridized carbons (Fsp3) is 1.00. The lowest BCUT2D eigenvalue weighted by molar-refractivity contribution is 0.563. The molecule has 0 aliphatic carbocycles. The lowest BCUT2D eigenvalue weighted by Crippen LogP contribution is -2.16. The molecule has 122 valence electrons. The second-order valence-electron chi connectivity index (χ2n) is 7.80. The van der Waals surface area contributed by atoms with Gasteiger partial charge in [-0.15, -0.1) is 0 Å². The van der Waals surface area contributed by atoms with Crippen LogP contribution in [0.2, 0.25) is 19.6 Å². The highest BCUT2D eigenvalue weighted by Crippen LogP contribution is 2.44. The average molecular weight is 318 g/mol. The Morgan fingerprint density at radius 3 is 1.50 bits per heavy atom. The highest BCUT2D eigenvalue weighted by molar-refractivity contribution is 7.65. The third-order valence-electron chi connectivity index (χ3n) is 3.63. The molecule has 0 aromatic carbocycles. The van der Waals surface area contributed by atoms with Gasteiger partial charge in [0.05, 0.1) is 0 Å². The molecular weight excluding hydrogens is 277 g/mol. The SMILES string of the molecule is CCCCCCCCCCCCP(C)(C)=N[Si](C)(C)C. The molecule has 0 radical (unpaired) electrons. The summed E-state index contributed by atoms with van der Waals surface area (Å²) in [5, 5.41) is 0. The first-order chi connectivity index (χ1) is 9.27. The van der Waals surface area contributed by atoms with Gasteiger partial charge in [-0.3, -0.25) is 0 Å². The number of nitrogens with zero attached hydrogens (tertiary/aromatic N) is 1. The monoisotopic (exact) mass is 317 g/mol. The maximum Gasteiger partial charge on any atom is 0.170 e. The number of hydrogen-bond acceptors (Lipinski definition) is 1. The van der Waals surface area contributed by atoms with Crippen LogP contribution in [0.3, 0.4) is 0 Å². The van der Waals surface area contributed by atoms with Gasteiger partial charge < -0.3 is 4.41 Å². The summed E-state index contributed by atoms with van der Waals surface area (Å²) < 4.78 is 5.17. The van der Waals surface area contributed by atoms with Gasteiger partial charge in [-0.1, -0.05) is 84.4 Å². The van der Waals surface area contributed by atoms with E-state index in [1.807, 2.05) is 0 Å². The molecule has 0 saturated heterocycles. The lowest BCUT2D eigenvalue weighted by Gasteiger charge is -2.21. The number of unbranched alkanes of at least 4 members (excludes halogenated alkanes) is 9. The van der Waals surface area contributed by atoms with Gasteiger partial charge in [0.25, 0.3) is 0 Å². The molecule has 1 nitrogen and oxygen atoms in total. The average Bonchev–Trinajstić information content (AvgIpc) is 2.28. The van der Waals surface area contributed by atoms with Crippen LogP contribution in [0.1, 0.15) is 71.1 Å². The minimum Gasteiger partial charge on any atom is -0.339 e. The largest absolute Gasteiger partial charge is 0.339 e. The van der Waals surface area contributed by atoms with Gasteiger partial charge in [0, 0.05) is 0 Å². The Morgan fingerprint density at radius 2 is 1.10 bits per heavy atom. The van der Waals surface area contributed by atoms with E-state index in [1.165, 1.54) is 70.4 Å². The molecule has 0 spiro atoms. The van der Waals surface area contributed by atoms with Crippen molar-refractivity contribution in [3.8, 4) is 0 Å². The van der Waals surface area contributed by atoms with E-state index in [4.69, 9.17) is 4.41 Å². The van der Waals surface area contributed by atoms with E-state index < -0.39 is 15.3 Å². The Hall–Kier alpha value is 0.447. The molecule has 0 amide bonds. The van der Waals surface area contributed by atoms with Crippen molar-refractivity contribution >= 4 is 15.3 Å². The van der Waals surface area contributed by atoms with Crippen LogP contribution in [-0.2, 0) is 0 Å². The predicted molar refractivity (Wildman–Crippen MR) is 101 cm³/mol. The van der Waals surface area contributed by atoms with Crippen molar-refractivity contribution in [3.63, 3.8) is 0 Å². The molecule has 0 fully saturated rings. The van der Waals surface area contributed by atoms with E-state index in [0.29, 0.717) is 0 Å². The van der Waals surface area contributed by atoms with Gasteiger partial charge in [0.2, 0.25) is 0 Å². The summed E-state index contributed by atoms with van der Waals surface area (Å²) in [5.41, 5.74) is 0. The third kappa shape index (κ3) is 14.8. The van der Waals surface area contributed by atoms with Gasteiger partial charge in [-0.2, -0.15) is 0 Å². The maximum absolute atomic E-state index is 5.17. The lowest BCUT2D eigenvalue weighted by atomic mass is 10.1. The zero-order valence-corrected chi connectivity index (χ0v) is 17.1. The van der Waals surface area contributed by atoms with E-state index in [2.05, 4.69) is 39.9 Å². The van der Waals surface area contributed by atoms with E-state index in [0.717, 1.165) is 0 Å². The molecule has 3 heteroatoms. The van der Waals surface area contributed by atoms with E-state index in [9.17, 15) is 0 Å². The molecule has 0 N–H and O–H groups in total. The first-order valence-electron chi connectivity index (χ1n) is 8.84. The van der Waals surface area contributed by atoms with Gasteiger partial charge in [-0.05, 0) is 33.0 Å². The molecule has 0 unspecified atom stereocenters. The number of hydrogen-bond donors (Lipinski definition) is 0. The van der Waals surface area contributed by atoms with Crippen molar-refractivity contribution in [1.82, 2.24) is 0 Å². The Morgan fingerprint density at radius 1 is 0.700 bits per heavy atom. The Labute approximate surface area is 130 Å². The zero-order chi connectivity index (χ0) is 15.5. The molecule has 0 aliphatic rings. The van der Waals surface area contributed by atoms with Crippen molar-refractivity contribution in [1.29, 1.82) is 0 Å². The first-order valence-corrected chi connectivity index (χ1v) is 15.1. The van der Waals surface area contributed by atoms with Crippen molar-refractivity contribution in [2.45, 2.75) is 90.8 Å². The summed E-state index contributed by atoms with van der Waals surface area (Å²) in [5.74, 6) is 0. The Bertz CT molecular complexity index is 275. The second kappa shape index (κ2) is 11.1. The Balaban J connectivity index is 3.51. The molecular formula is C17H40NPSi. The summed E-state index contributed by atoms with van der Waals surface area (Å²) >= 11 is 0. The van der Waals surface area contributed by atoms with Crippen LogP contribution in [0, 0.1) is 0 Å². The Kier molecular flexibility index (Phi) is 11.3. The van der Waals surface area contributed by atoms with Gasteiger partial charge in [0.1, 0.15) is 0 Å². The summed E-state index contributed by atoms with van der Waals surface area (Å²) in [7, 11) is -2.17. The smallest absolute Gasteiger partial charge is 0.170 e. The van der Waals surface area contributed by atoms with Crippen molar-refractivity contribution in [2.24, 2.45) is 4.41 Å². The standard InChI is InChI=1S/C17H40NPSi/c1-7-8-9-10-11-12-13-14-15-16-17-19(2,3)18-20(4,5)6/h7-17H2,1-6H3. The van der Waals surface area contributed by atoms with Crippen LogP contribution in [0.4, 0.5) is 0 Å². The minimum absolute atomic E-state index is 0.951. The first kappa shape index (κ1) is 20.4. The fourth-order valence-electron chi connectivity index (χ4n) is 2.85. The van der Waals surface area contributed by atoms with Crippen LogP contribution in [-0.4, -0.2) is 27.7 Å². The van der Waals surface area contributed by atoms with Crippen LogP contribution < -0.4 is 0 Å². The summed E-state index contributed by atoms with van der Waals surface area (Å²) in [4.78, 5) is 0. The van der Waals surface area contributed by atoms with Crippen molar-refractivity contribution in [3.05, 3.63) is 0 Å². The predicted octanol–water partition coefficient (Wildman–Crippen LogP) is 7.20. The van der Waals surface area contributed by atoms with Crippen LogP contribution in [0.15, 0.2) is 4.41 Å². The molecule has 20 heavy (non-hydrogen) atoms. The quantitative estimate of drug-likeness (QED) is 0.205. The molecule has 0 heterocycles. The van der Waals surface area contributed by atoms with Gasteiger partial charge >= 0.3 is 0 Å². The molecule has 0 aromatic rings. The molecule has 0 bridgehead atoms. The summed E-state index contributed by atoms with van der Waals surface area (Å²) in [6.07, 6.45) is 15.7. The van der Waals surface area contributed by atoms with Gasteiger partial charge in [0.15, 0.2) is 8.24 Å². The molecule has 0 aliphatic heterocycles. The highest BCUT2D eigenvalue weighted by atomic mass is 31.2. The normalized spacial score (nSPS) is 12.7. The van der Waals surface area contributed by atoms with Crippen molar-refractivity contribution in [2.75, 3.05) is 19.5 Å². The third-order valence-corrected chi connectivity index (χ3v) is 9.61. The number of rotatable bonds is 12. The van der Waals surface area contributed by atoms with E-state index in [1.54, 1.807) is 0 Å². The van der Waals surface area contributed by atoms with Crippen LogP contribution in [0.5, 0.6) is 0 Å². The highest BCUT2D eigenvalue weighted by Gasteiger charge is 2.15. The molecule has 0 saturated carbocycles. The van der Waals surface area contributed by atoms with E-state index >= 15 is 0 Å². The van der Waals surface area contributed by atoms with E-state index in [-0.39, 0.29) is 0 Å². The molecule has 0 atom stereocenters. The topological polar surface area (TPSA) is 12.4 Å². The fourth-order valence-corrected chi connectivity index (χ4v) is 10.7. The minimum atomic E-state index is -1.22. The van der Waals surface area contributed by atoms with Crippen molar-refractivity contribution < 1.29 is 0 Å². The van der Waals surface area contributed by atoms with Crippen LogP contribution >= 0.6 is 7.05 Å². The maximum atomic E-state index is 5.17. The summed E-state index contributed by atoms with van der Waals surface area (Å²) in [6.45, 7) is 14.3. The molecule has 0 aromatic heterocycles. The molecule has 0 rings (SSSR count). The summed E-state index contributed by atoms with van der Waals surface area (Å²) in [6, 6.07) is 0. The van der Waals surface area contributed by atoms with Crippen LogP contribution in [0.25, 0.3) is 0 Å². The zero-order valence-electron chi connectivity index (χ0n) is 15.2. The van der Waals surface area contributed by atoms with Gasteiger partial charge in [-0.25, -0.2) is 0 Å². The second-order valence-corrected chi connectivity index (χ2v) is 16.6.